The summed E-state index contributed by atoms with van der Waals surface area (Å²) in [5.41, 5.74) is 1.58. The number of rotatable bonds is 5. The van der Waals surface area contributed by atoms with Crippen molar-refractivity contribution in [3.8, 4) is 0 Å². The fourth-order valence-electron chi connectivity index (χ4n) is 1.89. The lowest BCUT2D eigenvalue weighted by atomic mass is 10.2. The molecule has 0 bridgehead atoms. The van der Waals surface area contributed by atoms with Crippen LogP contribution in [0.5, 0.6) is 0 Å². The molecule has 0 unspecified atom stereocenters. The minimum Gasteiger partial charge on any atom is -0.306 e. The minimum absolute atomic E-state index is 0.351. The van der Waals surface area contributed by atoms with Gasteiger partial charge in [-0.25, -0.2) is 4.79 Å². The molecule has 0 saturated carbocycles. The Bertz CT molecular complexity index is 918. The number of nitrogens with zero attached hydrogens (tertiary/aromatic N) is 2. The highest BCUT2D eigenvalue weighted by Crippen LogP contribution is 2.29. The van der Waals surface area contributed by atoms with Gasteiger partial charge < -0.3 is 5.32 Å². The molecule has 0 aliphatic carbocycles. The molecule has 0 saturated heterocycles. The number of thioether (sulfide) groups is 1. The summed E-state index contributed by atoms with van der Waals surface area (Å²) in [5, 5.41) is 15.2. The molecule has 2 aromatic carbocycles. The lowest BCUT2D eigenvalue weighted by Gasteiger charge is -2.07. The van der Waals surface area contributed by atoms with Crippen molar-refractivity contribution >= 4 is 74.8 Å². The predicted molar refractivity (Wildman–Crippen MR) is 110 cm³/mol. The maximum atomic E-state index is 12.0. The molecule has 1 heterocycles. The number of anilines is 2. The second-order valence-electron chi connectivity index (χ2n) is 4.99. The lowest BCUT2D eigenvalue weighted by molar-refractivity contribution is 0.262. The predicted octanol–water partition coefficient (Wildman–Crippen LogP) is 6.43. The molecule has 2 N–H and O–H groups in total. The molecule has 0 spiro atoms. The average Bonchev–Trinajstić information content (AvgIpc) is 3.04. The number of carbonyl (C=O) groups is 1. The smallest absolute Gasteiger partial charge is 0.306 e. The van der Waals surface area contributed by atoms with Crippen LogP contribution < -0.4 is 10.6 Å². The third kappa shape index (κ3) is 5.49. The first-order valence-corrected chi connectivity index (χ1v) is 10.2. The molecular formula is C16H11Cl3N4OS2. The summed E-state index contributed by atoms with van der Waals surface area (Å²) in [7, 11) is 0. The van der Waals surface area contributed by atoms with Crippen LogP contribution >= 0.6 is 57.9 Å². The molecule has 0 aliphatic rings. The van der Waals surface area contributed by atoms with Crippen LogP contribution in [-0.4, -0.2) is 16.2 Å². The second kappa shape index (κ2) is 8.92. The van der Waals surface area contributed by atoms with Gasteiger partial charge in [-0.3, -0.25) is 5.32 Å². The highest BCUT2D eigenvalue weighted by atomic mass is 35.5. The number of hydrogen-bond donors (Lipinski definition) is 2. The van der Waals surface area contributed by atoms with E-state index in [2.05, 4.69) is 20.8 Å². The van der Waals surface area contributed by atoms with E-state index in [-0.39, 0.29) is 0 Å². The van der Waals surface area contributed by atoms with Gasteiger partial charge in [-0.2, -0.15) is 0 Å². The van der Waals surface area contributed by atoms with E-state index in [0.29, 0.717) is 25.9 Å². The molecule has 1 aromatic heterocycles. The quantitative estimate of drug-likeness (QED) is 0.350. The van der Waals surface area contributed by atoms with E-state index in [1.807, 2.05) is 24.3 Å². The van der Waals surface area contributed by atoms with Crippen LogP contribution in [0, 0.1) is 0 Å². The van der Waals surface area contributed by atoms with Crippen molar-refractivity contribution in [1.82, 2.24) is 10.2 Å². The number of amides is 2. The zero-order valence-electron chi connectivity index (χ0n) is 13.0. The van der Waals surface area contributed by atoms with Crippen molar-refractivity contribution in [2.24, 2.45) is 0 Å². The van der Waals surface area contributed by atoms with Gasteiger partial charge in [-0.05, 0) is 35.9 Å². The number of halogens is 3. The fraction of sp³-hybridized carbons (Fsp3) is 0.0625. The Balaban J connectivity index is 1.54. The van der Waals surface area contributed by atoms with E-state index in [4.69, 9.17) is 34.8 Å². The molecule has 26 heavy (non-hydrogen) atoms. The molecule has 134 valence electrons. The van der Waals surface area contributed by atoms with Crippen molar-refractivity contribution < 1.29 is 4.79 Å². The summed E-state index contributed by atoms with van der Waals surface area (Å²) in [6, 6.07) is 12.0. The number of aromatic nitrogens is 2. The lowest BCUT2D eigenvalue weighted by Crippen LogP contribution is -2.19. The van der Waals surface area contributed by atoms with E-state index < -0.39 is 6.03 Å². The normalized spacial score (nSPS) is 10.6. The summed E-state index contributed by atoms with van der Waals surface area (Å²) in [6.45, 7) is 0. The molecular weight excluding hydrogens is 435 g/mol. The van der Waals surface area contributed by atoms with E-state index in [1.165, 1.54) is 23.1 Å². The average molecular weight is 446 g/mol. The van der Waals surface area contributed by atoms with E-state index in [9.17, 15) is 4.79 Å². The van der Waals surface area contributed by atoms with Gasteiger partial charge in [0, 0.05) is 15.8 Å². The molecule has 3 aromatic rings. The Morgan fingerprint density at radius 2 is 1.73 bits per heavy atom. The van der Waals surface area contributed by atoms with Crippen LogP contribution in [0.3, 0.4) is 0 Å². The Labute approximate surface area is 173 Å². The highest BCUT2D eigenvalue weighted by Gasteiger charge is 2.10. The maximum absolute atomic E-state index is 12.0. The Morgan fingerprint density at radius 1 is 1.00 bits per heavy atom. The summed E-state index contributed by atoms with van der Waals surface area (Å²) in [5.74, 6) is 0.735. The highest BCUT2D eigenvalue weighted by molar-refractivity contribution is 8.00. The van der Waals surface area contributed by atoms with Crippen LogP contribution in [0.2, 0.25) is 15.1 Å². The molecule has 0 radical (unpaired) electrons. The van der Waals surface area contributed by atoms with Crippen molar-refractivity contribution in [1.29, 1.82) is 0 Å². The van der Waals surface area contributed by atoms with Gasteiger partial charge in [-0.15, -0.1) is 10.2 Å². The van der Waals surface area contributed by atoms with Gasteiger partial charge in [0.05, 0.1) is 10.7 Å². The molecule has 0 fully saturated rings. The SMILES string of the molecule is O=C(Nc1nnc(SCc2ccc(Cl)cc2)s1)Nc1ccc(Cl)cc1Cl. The Kier molecular flexibility index (Phi) is 6.61. The molecule has 2 amide bonds. The Morgan fingerprint density at radius 3 is 2.46 bits per heavy atom. The van der Waals surface area contributed by atoms with Gasteiger partial charge in [0.25, 0.3) is 0 Å². The minimum atomic E-state index is -0.459. The fourth-order valence-corrected chi connectivity index (χ4v) is 4.17. The summed E-state index contributed by atoms with van der Waals surface area (Å²) in [4.78, 5) is 12.0. The first-order valence-electron chi connectivity index (χ1n) is 7.23. The van der Waals surface area contributed by atoms with Gasteiger partial charge in [0.2, 0.25) is 5.13 Å². The van der Waals surface area contributed by atoms with Gasteiger partial charge in [0.1, 0.15) is 0 Å². The monoisotopic (exact) mass is 444 g/mol. The molecule has 0 atom stereocenters. The van der Waals surface area contributed by atoms with Gasteiger partial charge >= 0.3 is 6.03 Å². The first-order chi connectivity index (χ1) is 12.5. The van der Waals surface area contributed by atoms with Crippen molar-refractivity contribution in [3.05, 3.63) is 63.1 Å². The number of nitrogens with one attached hydrogen (secondary N) is 2. The van der Waals surface area contributed by atoms with E-state index in [1.54, 1.807) is 18.2 Å². The van der Waals surface area contributed by atoms with Crippen molar-refractivity contribution in [2.75, 3.05) is 10.6 Å². The van der Waals surface area contributed by atoms with Crippen LogP contribution in [0.15, 0.2) is 46.8 Å². The summed E-state index contributed by atoms with van der Waals surface area (Å²) in [6.07, 6.45) is 0. The number of benzene rings is 2. The third-order valence-electron chi connectivity index (χ3n) is 3.08. The molecule has 3 rings (SSSR count). The largest absolute Gasteiger partial charge is 0.325 e. The van der Waals surface area contributed by atoms with E-state index >= 15 is 0 Å². The third-order valence-corrected chi connectivity index (χ3v) is 5.92. The van der Waals surface area contributed by atoms with Gasteiger partial charge in [-0.1, -0.05) is 70.0 Å². The summed E-state index contributed by atoms with van der Waals surface area (Å²) >= 11 is 20.5. The number of carbonyl (C=O) groups excluding carboxylic acids is 1. The summed E-state index contributed by atoms with van der Waals surface area (Å²) < 4.78 is 0.750. The standard InChI is InChI=1S/C16H11Cl3N4OS2/c17-10-3-1-9(2-4-10)8-25-16-23-22-15(26-16)21-14(24)20-13-6-5-11(18)7-12(13)19/h1-7H,8H2,(H2,20,21,22,24). The first kappa shape index (κ1) is 19.3. The molecule has 0 aliphatic heterocycles. The zero-order chi connectivity index (χ0) is 18.5. The molecule has 5 nitrogen and oxygen atoms in total. The van der Waals surface area contributed by atoms with Gasteiger partial charge in [0.15, 0.2) is 4.34 Å². The van der Waals surface area contributed by atoms with Crippen LogP contribution in [-0.2, 0) is 5.75 Å². The second-order valence-corrected chi connectivity index (χ2v) is 8.47. The van der Waals surface area contributed by atoms with Crippen LogP contribution in [0.4, 0.5) is 15.6 Å². The topological polar surface area (TPSA) is 66.9 Å². The number of urea groups is 1. The van der Waals surface area contributed by atoms with E-state index in [0.717, 1.165) is 15.7 Å². The maximum Gasteiger partial charge on any atom is 0.325 e. The number of hydrogen-bond acceptors (Lipinski definition) is 5. The Hall–Kier alpha value is -1.51. The van der Waals surface area contributed by atoms with Crippen molar-refractivity contribution in [3.63, 3.8) is 0 Å². The molecule has 10 heteroatoms. The zero-order valence-corrected chi connectivity index (χ0v) is 16.9. The van der Waals surface area contributed by atoms with Crippen molar-refractivity contribution in [2.45, 2.75) is 10.1 Å². The van der Waals surface area contributed by atoms with Crippen LogP contribution in [0.25, 0.3) is 0 Å². The van der Waals surface area contributed by atoms with Crippen LogP contribution in [0.1, 0.15) is 5.56 Å².